The lowest BCUT2D eigenvalue weighted by molar-refractivity contribution is -0.0626. The van der Waals surface area contributed by atoms with Gasteiger partial charge in [-0.3, -0.25) is 9.69 Å². The predicted molar refractivity (Wildman–Crippen MR) is 95.8 cm³/mol. The Balaban J connectivity index is 1.50. The van der Waals surface area contributed by atoms with Gasteiger partial charge in [-0.1, -0.05) is 6.07 Å². The summed E-state index contributed by atoms with van der Waals surface area (Å²) in [5.74, 6) is -0.146. The molecule has 0 bridgehead atoms. The predicted octanol–water partition coefficient (Wildman–Crippen LogP) is 0.870. The molecule has 3 aromatic rings. The molecule has 0 unspecified atom stereocenters. The van der Waals surface area contributed by atoms with Crippen molar-refractivity contribution < 1.29 is 9.53 Å². The molecule has 0 aromatic carbocycles. The van der Waals surface area contributed by atoms with Crippen LogP contribution in [-0.2, 0) is 11.8 Å². The maximum Gasteiger partial charge on any atom is 0.255 e. The summed E-state index contributed by atoms with van der Waals surface area (Å²) in [6, 6.07) is 5.70. The number of hydrogen-bond acceptors (Lipinski definition) is 5. The molecule has 2 atom stereocenters. The van der Waals surface area contributed by atoms with Gasteiger partial charge in [0, 0.05) is 32.5 Å². The zero-order chi connectivity index (χ0) is 18.1. The number of aromatic nitrogens is 4. The Bertz CT molecular complexity index is 917. The number of nitrogens with one attached hydrogen (secondary N) is 1. The number of ether oxygens (including phenoxy) is 1. The van der Waals surface area contributed by atoms with Gasteiger partial charge in [0.2, 0.25) is 0 Å². The number of morpholine rings is 1. The number of aryl methyl sites for hydroxylation is 1. The fourth-order valence-corrected chi connectivity index (χ4v) is 3.50. The molecule has 1 aliphatic rings. The van der Waals surface area contributed by atoms with E-state index in [4.69, 9.17) is 4.74 Å². The summed E-state index contributed by atoms with van der Waals surface area (Å²) >= 11 is 0. The molecular formula is C18H22N6O2. The van der Waals surface area contributed by atoms with Gasteiger partial charge in [0.1, 0.15) is 0 Å². The van der Waals surface area contributed by atoms with Crippen molar-refractivity contribution in [1.29, 1.82) is 0 Å². The third-order valence-electron chi connectivity index (χ3n) is 4.89. The van der Waals surface area contributed by atoms with Crippen LogP contribution >= 0.6 is 0 Å². The number of rotatable bonds is 4. The van der Waals surface area contributed by atoms with Crippen molar-refractivity contribution in [2.45, 2.75) is 12.1 Å². The van der Waals surface area contributed by atoms with Crippen LogP contribution in [0.15, 0.2) is 43.1 Å². The van der Waals surface area contributed by atoms with Crippen molar-refractivity contribution >= 4 is 11.4 Å². The van der Waals surface area contributed by atoms with E-state index in [1.54, 1.807) is 17.0 Å². The molecule has 0 aliphatic carbocycles. The molecule has 26 heavy (non-hydrogen) atoms. The Morgan fingerprint density at radius 1 is 1.35 bits per heavy atom. The second-order valence-electron chi connectivity index (χ2n) is 6.56. The van der Waals surface area contributed by atoms with Gasteiger partial charge < -0.3 is 14.6 Å². The van der Waals surface area contributed by atoms with Crippen LogP contribution in [0.5, 0.6) is 0 Å². The fraction of sp³-hybridized carbons (Fsp3) is 0.389. The molecule has 1 aliphatic heterocycles. The standard InChI is InChI=1S/C18H22N6O2/c1-22-7-8-26-16(17(22)15-10-19-12-23(15)2)11-20-18(25)13-9-21-24-6-4-3-5-14(13)24/h3-6,9-10,12,16-17H,7-8,11H2,1-2H3,(H,20,25)/t16-,17-/m0/s1. The first-order chi connectivity index (χ1) is 12.6. The summed E-state index contributed by atoms with van der Waals surface area (Å²) in [7, 11) is 4.04. The lowest BCUT2D eigenvalue weighted by Crippen LogP contribution is -2.48. The summed E-state index contributed by atoms with van der Waals surface area (Å²) in [4.78, 5) is 19.1. The second kappa shape index (κ2) is 6.89. The maximum absolute atomic E-state index is 12.7. The number of carbonyl (C=O) groups excluding carboxylic acids is 1. The van der Waals surface area contributed by atoms with Crippen LogP contribution in [0.2, 0.25) is 0 Å². The summed E-state index contributed by atoms with van der Waals surface area (Å²) in [6.07, 6.45) is 6.92. The van der Waals surface area contributed by atoms with E-state index in [-0.39, 0.29) is 18.1 Å². The number of nitrogens with zero attached hydrogens (tertiary/aromatic N) is 5. The molecule has 8 nitrogen and oxygen atoms in total. The van der Waals surface area contributed by atoms with Crippen LogP contribution in [-0.4, -0.2) is 62.8 Å². The number of hydrogen-bond donors (Lipinski definition) is 1. The topological polar surface area (TPSA) is 76.7 Å². The third kappa shape index (κ3) is 2.97. The number of pyridine rings is 1. The zero-order valence-electron chi connectivity index (χ0n) is 14.9. The molecule has 0 saturated carbocycles. The monoisotopic (exact) mass is 354 g/mol. The summed E-state index contributed by atoms with van der Waals surface area (Å²) in [5.41, 5.74) is 2.42. The molecule has 3 aromatic heterocycles. The van der Waals surface area contributed by atoms with Gasteiger partial charge >= 0.3 is 0 Å². The van der Waals surface area contributed by atoms with Crippen molar-refractivity contribution in [2.75, 3.05) is 26.7 Å². The SMILES string of the molecule is CN1CCO[C@@H](CNC(=O)c2cnn3ccccc23)[C@@H]1c1cncn1C. The molecule has 136 valence electrons. The van der Waals surface area contributed by atoms with E-state index in [9.17, 15) is 4.79 Å². The van der Waals surface area contributed by atoms with Crippen molar-refractivity contribution in [3.05, 3.63) is 54.4 Å². The van der Waals surface area contributed by atoms with E-state index in [0.717, 1.165) is 17.8 Å². The first kappa shape index (κ1) is 16.7. The van der Waals surface area contributed by atoms with Crippen molar-refractivity contribution in [1.82, 2.24) is 29.4 Å². The molecule has 1 amide bonds. The lowest BCUT2D eigenvalue weighted by Gasteiger charge is -2.39. The number of likely N-dealkylation sites (N-methyl/N-ethyl adjacent to an activating group) is 1. The summed E-state index contributed by atoms with van der Waals surface area (Å²) < 4.78 is 9.67. The van der Waals surface area contributed by atoms with Gasteiger partial charge in [-0.05, 0) is 19.2 Å². The molecule has 1 fully saturated rings. The van der Waals surface area contributed by atoms with Crippen LogP contribution < -0.4 is 5.32 Å². The number of imidazole rings is 1. The average molecular weight is 354 g/mol. The van der Waals surface area contributed by atoms with Gasteiger partial charge in [0.25, 0.3) is 5.91 Å². The highest BCUT2D eigenvalue weighted by atomic mass is 16.5. The third-order valence-corrected chi connectivity index (χ3v) is 4.89. The van der Waals surface area contributed by atoms with Crippen LogP contribution in [0.3, 0.4) is 0 Å². The molecular weight excluding hydrogens is 332 g/mol. The quantitative estimate of drug-likeness (QED) is 0.752. The normalized spacial score (nSPS) is 21.2. The highest BCUT2D eigenvalue weighted by Crippen LogP contribution is 2.27. The Labute approximate surface area is 151 Å². The van der Waals surface area contributed by atoms with Crippen molar-refractivity contribution in [2.24, 2.45) is 7.05 Å². The van der Waals surface area contributed by atoms with Crippen molar-refractivity contribution in [3.8, 4) is 0 Å². The average Bonchev–Trinajstić information content (AvgIpc) is 3.26. The van der Waals surface area contributed by atoms with E-state index in [0.29, 0.717) is 18.7 Å². The molecule has 8 heteroatoms. The molecule has 4 heterocycles. The van der Waals surface area contributed by atoms with Gasteiger partial charge in [0.05, 0.1) is 48.1 Å². The number of fused-ring (bicyclic) bond motifs is 1. The first-order valence-electron chi connectivity index (χ1n) is 8.64. The van der Waals surface area contributed by atoms with Crippen molar-refractivity contribution in [3.63, 3.8) is 0 Å². The Morgan fingerprint density at radius 2 is 2.23 bits per heavy atom. The Hall–Kier alpha value is -2.71. The largest absolute Gasteiger partial charge is 0.373 e. The van der Waals surface area contributed by atoms with Gasteiger partial charge in [0.15, 0.2) is 0 Å². The minimum atomic E-state index is -0.146. The van der Waals surface area contributed by atoms with E-state index in [2.05, 4.69) is 27.3 Å². The second-order valence-corrected chi connectivity index (χ2v) is 6.56. The smallest absolute Gasteiger partial charge is 0.255 e. The molecule has 1 N–H and O–H groups in total. The Kier molecular flexibility index (Phi) is 4.44. The molecule has 1 saturated heterocycles. The summed E-state index contributed by atoms with van der Waals surface area (Å²) in [5, 5.41) is 7.22. The van der Waals surface area contributed by atoms with Crippen LogP contribution in [0.1, 0.15) is 22.1 Å². The van der Waals surface area contributed by atoms with Gasteiger partial charge in [-0.2, -0.15) is 5.10 Å². The minimum absolute atomic E-state index is 0.0421. The maximum atomic E-state index is 12.7. The van der Waals surface area contributed by atoms with E-state index < -0.39 is 0 Å². The molecule has 4 rings (SSSR count). The molecule has 0 spiro atoms. The van der Waals surface area contributed by atoms with E-state index in [1.165, 1.54) is 0 Å². The Morgan fingerprint density at radius 3 is 3.04 bits per heavy atom. The van der Waals surface area contributed by atoms with Crippen LogP contribution in [0, 0.1) is 0 Å². The minimum Gasteiger partial charge on any atom is -0.373 e. The van der Waals surface area contributed by atoms with E-state index >= 15 is 0 Å². The zero-order valence-corrected chi connectivity index (χ0v) is 14.9. The summed E-state index contributed by atoms with van der Waals surface area (Å²) in [6.45, 7) is 1.90. The van der Waals surface area contributed by atoms with Crippen LogP contribution in [0.25, 0.3) is 5.52 Å². The van der Waals surface area contributed by atoms with Gasteiger partial charge in [-0.25, -0.2) is 9.50 Å². The van der Waals surface area contributed by atoms with E-state index in [1.807, 2.05) is 42.2 Å². The highest BCUT2D eigenvalue weighted by molar-refractivity contribution is 6.00. The number of amides is 1. The number of carbonyl (C=O) groups is 1. The lowest BCUT2D eigenvalue weighted by atomic mass is 10.0. The molecule has 0 radical (unpaired) electrons. The van der Waals surface area contributed by atoms with Gasteiger partial charge in [-0.15, -0.1) is 0 Å². The highest BCUT2D eigenvalue weighted by Gasteiger charge is 2.33. The van der Waals surface area contributed by atoms with Crippen LogP contribution in [0.4, 0.5) is 0 Å². The fourth-order valence-electron chi connectivity index (χ4n) is 3.50. The first-order valence-corrected chi connectivity index (χ1v) is 8.64.